The molecule has 40 heavy (non-hydrogen) atoms. The number of benzene rings is 3. The van der Waals surface area contributed by atoms with Crippen molar-refractivity contribution >= 4 is 17.6 Å². The Morgan fingerprint density at radius 3 is 2.38 bits per heavy atom. The molecule has 206 valence electrons. The molecule has 1 fully saturated rings. The minimum atomic E-state index is -0.296. The number of phenolic OH excluding ortho intramolecular Hbond substituents is 1. The van der Waals surface area contributed by atoms with Gasteiger partial charge in [0.25, 0.3) is 5.91 Å². The third-order valence-corrected chi connectivity index (χ3v) is 7.52. The highest BCUT2D eigenvalue weighted by Gasteiger charge is 2.27. The summed E-state index contributed by atoms with van der Waals surface area (Å²) in [5.74, 6) is -0.0170. The smallest absolute Gasteiger partial charge is 0.342 e. The first-order valence-electron chi connectivity index (χ1n) is 13.8. The molecule has 3 N–H and O–H groups in total. The van der Waals surface area contributed by atoms with Crippen molar-refractivity contribution in [2.75, 3.05) is 5.32 Å². The molecule has 0 spiro atoms. The molecule has 7 heteroatoms. The van der Waals surface area contributed by atoms with Crippen LogP contribution < -0.4 is 10.6 Å². The summed E-state index contributed by atoms with van der Waals surface area (Å²) in [6.45, 7) is 8.80. The summed E-state index contributed by atoms with van der Waals surface area (Å²) in [5, 5.41) is 21.3. The molecule has 3 aromatic carbocycles. The molecule has 0 atom stereocenters. The lowest BCUT2D eigenvalue weighted by Crippen LogP contribution is -2.31. The highest BCUT2D eigenvalue weighted by Crippen LogP contribution is 2.39. The maximum atomic E-state index is 13.2. The van der Waals surface area contributed by atoms with Crippen LogP contribution in [0.3, 0.4) is 0 Å². The van der Waals surface area contributed by atoms with Crippen LogP contribution in [0.25, 0.3) is 11.3 Å². The average Bonchev–Trinajstić information content (AvgIpc) is 3.30. The molecule has 0 radical (unpaired) electrons. The van der Waals surface area contributed by atoms with Crippen LogP contribution in [0, 0.1) is 6.92 Å². The Labute approximate surface area is 235 Å². The van der Waals surface area contributed by atoms with E-state index in [1.807, 2.05) is 61.5 Å². The number of carbonyl (C=O) groups excluding carboxylic acids is 2. The van der Waals surface area contributed by atoms with Crippen molar-refractivity contribution in [2.24, 2.45) is 0 Å². The van der Waals surface area contributed by atoms with E-state index < -0.39 is 0 Å². The quantitative estimate of drug-likeness (QED) is 0.244. The third kappa shape index (κ3) is 5.93. The Hall–Kier alpha value is -4.39. The molecular weight excluding hydrogens is 500 g/mol. The lowest BCUT2D eigenvalue weighted by molar-refractivity contribution is 0.102. The van der Waals surface area contributed by atoms with Crippen LogP contribution in [0.5, 0.6) is 5.75 Å². The van der Waals surface area contributed by atoms with E-state index in [1.165, 1.54) is 10.7 Å². The lowest BCUT2D eigenvalue weighted by atomic mass is 9.82. The molecule has 0 saturated heterocycles. The van der Waals surface area contributed by atoms with Gasteiger partial charge in [0.1, 0.15) is 5.75 Å². The summed E-state index contributed by atoms with van der Waals surface area (Å²) in [6, 6.07) is 22.1. The zero-order chi connectivity index (χ0) is 28.4. The summed E-state index contributed by atoms with van der Waals surface area (Å²) < 4.78 is 1.44. The van der Waals surface area contributed by atoms with Crippen LogP contribution in [0.4, 0.5) is 10.5 Å². The van der Waals surface area contributed by atoms with Gasteiger partial charge >= 0.3 is 6.03 Å². The van der Waals surface area contributed by atoms with Crippen LogP contribution in [-0.4, -0.2) is 26.8 Å². The van der Waals surface area contributed by atoms with E-state index in [0.29, 0.717) is 29.1 Å². The number of aryl methyl sites for hydroxylation is 1. The molecule has 1 heterocycles. The van der Waals surface area contributed by atoms with Gasteiger partial charge in [0.15, 0.2) is 0 Å². The number of hydrogen-bond acceptors (Lipinski definition) is 4. The Balaban J connectivity index is 1.33. The van der Waals surface area contributed by atoms with Gasteiger partial charge in [0, 0.05) is 35.3 Å². The van der Waals surface area contributed by atoms with Crippen LogP contribution in [0.2, 0.25) is 0 Å². The van der Waals surface area contributed by atoms with Crippen molar-refractivity contribution in [3.8, 4) is 17.0 Å². The average molecular weight is 537 g/mol. The predicted molar refractivity (Wildman–Crippen MR) is 158 cm³/mol. The molecule has 2 amide bonds. The monoisotopic (exact) mass is 536 g/mol. The lowest BCUT2D eigenvalue weighted by Gasteiger charge is -2.25. The Morgan fingerprint density at radius 2 is 1.75 bits per heavy atom. The first kappa shape index (κ1) is 27.2. The SMILES string of the molecule is Cc1cccc(CNC(=O)n2nc(-c3ccc(NC(=O)c4ccc(C(C)(C)C)cc4)cc3O)cc2C2CCC2)c1. The van der Waals surface area contributed by atoms with Gasteiger partial charge in [-0.25, -0.2) is 4.79 Å². The highest BCUT2D eigenvalue weighted by atomic mass is 16.3. The van der Waals surface area contributed by atoms with Crippen molar-refractivity contribution in [1.29, 1.82) is 0 Å². The van der Waals surface area contributed by atoms with Crippen LogP contribution >= 0.6 is 0 Å². The number of phenols is 1. The van der Waals surface area contributed by atoms with Gasteiger partial charge in [-0.2, -0.15) is 9.78 Å². The molecule has 4 aromatic rings. The summed E-state index contributed by atoms with van der Waals surface area (Å²) in [5.41, 5.74) is 6.18. The van der Waals surface area contributed by atoms with E-state index in [4.69, 9.17) is 0 Å². The highest BCUT2D eigenvalue weighted by molar-refractivity contribution is 6.04. The van der Waals surface area contributed by atoms with Gasteiger partial charge in [-0.3, -0.25) is 4.79 Å². The zero-order valence-corrected chi connectivity index (χ0v) is 23.5. The molecule has 0 unspecified atom stereocenters. The Morgan fingerprint density at radius 1 is 1.00 bits per heavy atom. The van der Waals surface area contributed by atoms with Gasteiger partial charge in [-0.1, -0.05) is 69.2 Å². The number of nitrogens with zero attached hydrogens (tertiary/aromatic N) is 2. The minimum Gasteiger partial charge on any atom is -0.507 e. The molecule has 5 rings (SSSR count). The van der Waals surface area contributed by atoms with Crippen molar-refractivity contribution < 1.29 is 14.7 Å². The Kier molecular flexibility index (Phi) is 7.48. The number of rotatable bonds is 6. The van der Waals surface area contributed by atoms with E-state index in [9.17, 15) is 14.7 Å². The van der Waals surface area contributed by atoms with Gasteiger partial charge in [-0.15, -0.1) is 0 Å². The van der Waals surface area contributed by atoms with Gasteiger partial charge in [0.05, 0.1) is 11.4 Å². The largest absolute Gasteiger partial charge is 0.507 e. The number of aromatic nitrogens is 2. The van der Waals surface area contributed by atoms with Crippen molar-refractivity contribution in [1.82, 2.24) is 15.1 Å². The van der Waals surface area contributed by atoms with E-state index in [1.54, 1.807) is 12.1 Å². The van der Waals surface area contributed by atoms with Crippen LogP contribution in [0.1, 0.15) is 78.7 Å². The summed E-state index contributed by atoms with van der Waals surface area (Å²) in [7, 11) is 0. The number of hydrogen-bond donors (Lipinski definition) is 3. The van der Waals surface area contributed by atoms with Crippen molar-refractivity contribution in [3.05, 3.63) is 101 Å². The molecule has 1 aliphatic rings. The van der Waals surface area contributed by atoms with Crippen LogP contribution in [0.15, 0.2) is 72.8 Å². The number of nitrogens with one attached hydrogen (secondary N) is 2. The first-order valence-corrected chi connectivity index (χ1v) is 13.8. The van der Waals surface area contributed by atoms with Gasteiger partial charge < -0.3 is 15.7 Å². The van der Waals surface area contributed by atoms with Gasteiger partial charge in [-0.05, 0) is 66.6 Å². The zero-order valence-electron chi connectivity index (χ0n) is 23.5. The standard InChI is InChI=1S/C33H36N4O3/c1-21-7-5-8-22(17-21)20-34-32(40)37-29(23-9-6-10-23)19-28(36-37)27-16-15-26(18-30(27)38)35-31(39)24-11-13-25(14-12-24)33(2,3)4/h5,7-8,11-19,23,38H,6,9-10,20H2,1-4H3,(H,34,40)(H,35,39). The molecular formula is C33H36N4O3. The Bertz CT molecular complexity index is 1540. The van der Waals surface area contributed by atoms with Crippen LogP contribution in [-0.2, 0) is 12.0 Å². The third-order valence-electron chi connectivity index (χ3n) is 7.52. The summed E-state index contributed by atoms with van der Waals surface area (Å²) in [6.07, 6.45) is 3.13. The second-order valence-corrected chi connectivity index (χ2v) is 11.7. The molecule has 1 aliphatic carbocycles. The summed E-state index contributed by atoms with van der Waals surface area (Å²) in [4.78, 5) is 26.0. The van der Waals surface area contributed by atoms with E-state index >= 15 is 0 Å². The first-order chi connectivity index (χ1) is 19.1. The summed E-state index contributed by atoms with van der Waals surface area (Å²) >= 11 is 0. The van der Waals surface area contributed by atoms with Gasteiger partial charge in [0.2, 0.25) is 0 Å². The molecule has 0 bridgehead atoms. The maximum absolute atomic E-state index is 13.2. The van der Waals surface area contributed by atoms with Crippen molar-refractivity contribution in [2.45, 2.75) is 64.8 Å². The number of aromatic hydroxyl groups is 1. The fourth-order valence-electron chi connectivity index (χ4n) is 4.91. The fraction of sp³-hybridized carbons (Fsp3) is 0.303. The predicted octanol–water partition coefficient (Wildman–Crippen LogP) is 7.14. The second kappa shape index (κ2) is 11.0. The number of amides is 2. The second-order valence-electron chi connectivity index (χ2n) is 11.7. The fourth-order valence-corrected chi connectivity index (χ4v) is 4.91. The molecule has 1 aromatic heterocycles. The minimum absolute atomic E-state index is 0.00378. The molecule has 7 nitrogen and oxygen atoms in total. The molecule has 0 aliphatic heterocycles. The van der Waals surface area contributed by atoms with E-state index in [2.05, 4.69) is 36.5 Å². The number of carbonyl (C=O) groups is 2. The normalized spacial score (nSPS) is 13.5. The maximum Gasteiger partial charge on any atom is 0.342 e. The number of anilines is 1. The molecule has 1 saturated carbocycles. The van der Waals surface area contributed by atoms with Crippen molar-refractivity contribution in [3.63, 3.8) is 0 Å². The van der Waals surface area contributed by atoms with E-state index in [0.717, 1.165) is 41.6 Å². The van der Waals surface area contributed by atoms with E-state index in [-0.39, 0.29) is 29.0 Å². The topological polar surface area (TPSA) is 96.3 Å².